The summed E-state index contributed by atoms with van der Waals surface area (Å²) in [5.74, 6) is 0.749. The first-order valence-electron chi connectivity index (χ1n) is 6.42. The number of hydrogen-bond acceptors (Lipinski definition) is 1. The molecule has 1 aliphatic heterocycles. The molecular weight excluding hydrogens is 292 g/mol. The van der Waals surface area contributed by atoms with Crippen molar-refractivity contribution in [1.82, 2.24) is 10.2 Å². The summed E-state index contributed by atoms with van der Waals surface area (Å²) >= 11 is 3.43. The standard InChI is InChI=1S/C14H19BrN2O/c1-11-5-7-17(8-6-11)14(18)16-10-12-3-2-4-13(15)9-12/h2-4,9,11H,5-8,10H2,1H3,(H,16,18). The van der Waals surface area contributed by atoms with Gasteiger partial charge in [0.05, 0.1) is 0 Å². The van der Waals surface area contributed by atoms with Crippen LogP contribution in [0.5, 0.6) is 0 Å². The third kappa shape index (κ3) is 3.73. The number of benzene rings is 1. The van der Waals surface area contributed by atoms with Gasteiger partial charge in [-0.3, -0.25) is 0 Å². The normalized spacial score (nSPS) is 16.7. The number of hydrogen-bond donors (Lipinski definition) is 1. The molecule has 1 saturated heterocycles. The molecule has 1 heterocycles. The molecule has 0 radical (unpaired) electrons. The fourth-order valence-corrected chi connectivity index (χ4v) is 2.59. The van der Waals surface area contributed by atoms with E-state index in [0.717, 1.165) is 41.9 Å². The van der Waals surface area contributed by atoms with Crippen LogP contribution in [0.25, 0.3) is 0 Å². The fourth-order valence-electron chi connectivity index (χ4n) is 2.15. The second-order valence-corrected chi connectivity index (χ2v) is 5.87. The first-order valence-corrected chi connectivity index (χ1v) is 7.21. The zero-order valence-corrected chi connectivity index (χ0v) is 12.2. The second-order valence-electron chi connectivity index (χ2n) is 4.96. The van der Waals surface area contributed by atoms with E-state index < -0.39 is 0 Å². The van der Waals surface area contributed by atoms with E-state index in [0.29, 0.717) is 6.54 Å². The second kappa shape index (κ2) is 6.23. The minimum absolute atomic E-state index is 0.0573. The molecule has 18 heavy (non-hydrogen) atoms. The van der Waals surface area contributed by atoms with Crippen molar-refractivity contribution in [3.63, 3.8) is 0 Å². The van der Waals surface area contributed by atoms with Crippen molar-refractivity contribution in [2.24, 2.45) is 5.92 Å². The average molecular weight is 311 g/mol. The smallest absolute Gasteiger partial charge is 0.317 e. The minimum Gasteiger partial charge on any atom is -0.334 e. The summed E-state index contributed by atoms with van der Waals surface area (Å²) < 4.78 is 1.04. The van der Waals surface area contributed by atoms with Crippen molar-refractivity contribution in [2.75, 3.05) is 13.1 Å². The van der Waals surface area contributed by atoms with Gasteiger partial charge in [0, 0.05) is 24.1 Å². The largest absolute Gasteiger partial charge is 0.334 e. The maximum atomic E-state index is 12.0. The van der Waals surface area contributed by atoms with E-state index in [1.807, 2.05) is 29.2 Å². The van der Waals surface area contributed by atoms with Crippen molar-refractivity contribution < 1.29 is 4.79 Å². The van der Waals surface area contributed by atoms with Gasteiger partial charge < -0.3 is 10.2 Å². The van der Waals surface area contributed by atoms with Gasteiger partial charge in [-0.25, -0.2) is 4.79 Å². The van der Waals surface area contributed by atoms with Crippen LogP contribution in [0.2, 0.25) is 0 Å². The zero-order valence-electron chi connectivity index (χ0n) is 10.7. The van der Waals surface area contributed by atoms with E-state index in [1.165, 1.54) is 0 Å². The molecule has 0 bridgehead atoms. The van der Waals surface area contributed by atoms with E-state index in [1.54, 1.807) is 0 Å². The Kier molecular flexibility index (Phi) is 4.64. The van der Waals surface area contributed by atoms with Gasteiger partial charge in [-0.2, -0.15) is 0 Å². The number of carbonyl (C=O) groups is 1. The van der Waals surface area contributed by atoms with E-state index in [9.17, 15) is 4.79 Å². The Hall–Kier alpha value is -1.03. The third-order valence-electron chi connectivity index (χ3n) is 3.40. The van der Waals surface area contributed by atoms with Crippen LogP contribution in [0.1, 0.15) is 25.3 Å². The molecule has 0 aromatic heterocycles. The Morgan fingerprint density at radius 1 is 1.44 bits per heavy atom. The summed E-state index contributed by atoms with van der Waals surface area (Å²) in [6.07, 6.45) is 2.23. The summed E-state index contributed by atoms with van der Waals surface area (Å²) in [4.78, 5) is 13.9. The highest BCUT2D eigenvalue weighted by Gasteiger charge is 2.19. The van der Waals surface area contributed by atoms with Crippen LogP contribution < -0.4 is 5.32 Å². The Bertz CT molecular complexity index is 414. The number of halogens is 1. The highest BCUT2D eigenvalue weighted by molar-refractivity contribution is 9.10. The molecule has 1 fully saturated rings. The lowest BCUT2D eigenvalue weighted by molar-refractivity contribution is 0.173. The average Bonchev–Trinajstić information content (AvgIpc) is 2.37. The molecule has 2 amide bonds. The lowest BCUT2D eigenvalue weighted by Crippen LogP contribution is -2.43. The number of amides is 2. The molecule has 98 valence electrons. The molecule has 1 N–H and O–H groups in total. The zero-order chi connectivity index (χ0) is 13.0. The Balaban J connectivity index is 1.81. The number of carbonyl (C=O) groups excluding carboxylic acids is 1. The summed E-state index contributed by atoms with van der Waals surface area (Å²) in [5.41, 5.74) is 1.11. The van der Waals surface area contributed by atoms with Gasteiger partial charge in [-0.1, -0.05) is 35.0 Å². The molecule has 1 aromatic rings. The number of likely N-dealkylation sites (tertiary alicyclic amines) is 1. The monoisotopic (exact) mass is 310 g/mol. The van der Waals surface area contributed by atoms with Crippen molar-refractivity contribution in [1.29, 1.82) is 0 Å². The van der Waals surface area contributed by atoms with Crippen molar-refractivity contribution in [2.45, 2.75) is 26.3 Å². The molecular formula is C14H19BrN2O. The summed E-state index contributed by atoms with van der Waals surface area (Å²) in [6.45, 7) is 4.60. The van der Waals surface area contributed by atoms with Crippen molar-refractivity contribution in [3.05, 3.63) is 34.3 Å². The molecule has 3 nitrogen and oxygen atoms in total. The van der Waals surface area contributed by atoms with Crippen LogP contribution in [-0.2, 0) is 6.54 Å². The van der Waals surface area contributed by atoms with Crippen LogP contribution in [0.15, 0.2) is 28.7 Å². The van der Waals surface area contributed by atoms with Gasteiger partial charge >= 0.3 is 6.03 Å². The number of piperidine rings is 1. The van der Waals surface area contributed by atoms with Crippen LogP contribution in [0.3, 0.4) is 0 Å². The van der Waals surface area contributed by atoms with Crippen molar-refractivity contribution >= 4 is 22.0 Å². The SMILES string of the molecule is CC1CCN(C(=O)NCc2cccc(Br)c2)CC1. The summed E-state index contributed by atoms with van der Waals surface area (Å²) in [5, 5.41) is 2.98. The Labute approximate surface area is 117 Å². The van der Waals surface area contributed by atoms with Gasteiger partial charge in [-0.15, -0.1) is 0 Å². The van der Waals surface area contributed by atoms with Crippen LogP contribution in [-0.4, -0.2) is 24.0 Å². The number of nitrogens with one attached hydrogen (secondary N) is 1. The lowest BCUT2D eigenvalue weighted by atomic mass is 10.00. The predicted octanol–water partition coefficient (Wildman–Crippen LogP) is 3.39. The first kappa shape index (κ1) is 13.4. The van der Waals surface area contributed by atoms with Gasteiger partial charge in [-0.05, 0) is 36.5 Å². The van der Waals surface area contributed by atoms with E-state index >= 15 is 0 Å². The molecule has 4 heteroatoms. The maximum Gasteiger partial charge on any atom is 0.317 e. The maximum absolute atomic E-state index is 12.0. The Morgan fingerprint density at radius 2 is 2.17 bits per heavy atom. The molecule has 0 atom stereocenters. The number of rotatable bonds is 2. The van der Waals surface area contributed by atoms with Crippen LogP contribution in [0.4, 0.5) is 4.79 Å². The lowest BCUT2D eigenvalue weighted by Gasteiger charge is -2.30. The minimum atomic E-state index is 0.0573. The molecule has 0 saturated carbocycles. The predicted molar refractivity (Wildman–Crippen MR) is 76.3 cm³/mol. The van der Waals surface area contributed by atoms with Gasteiger partial charge in [0.25, 0.3) is 0 Å². The fraction of sp³-hybridized carbons (Fsp3) is 0.500. The van der Waals surface area contributed by atoms with Gasteiger partial charge in [0.1, 0.15) is 0 Å². The van der Waals surface area contributed by atoms with E-state index in [2.05, 4.69) is 28.2 Å². The quantitative estimate of drug-likeness (QED) is 0.892. The molecule has 0 spiro atoms. The molecule has 1 aromatic carbocycles. The number of nitrogens with zero attached hydrogens (tertiary/aromatic N) is 1. The van der Waals surface area contributed by atoms with E-state index in [-0.39, 0.29) is 6.03 Å². The molecule has 1 aliphatic rings. The van der Waals surface area contributed by atoms with Gasteiger partial charge in [0.15, 0.2) is 0 Å². The van der Waals surface area contributed by atoms with Crippen molar-refractivity contribution in [3.8, 4) is 0 Å². The first-order chi connectivity index (χ1) is 8.65. The topological polar surface area (TPSA) is 32.3 Å². The Morgan fingerprint density at radius 3 is 2.83 bits per heavy atom. The molecule has 2 rings (SSSR count). The highest BCUT2D eigenvalue weighted by atomic mass is 79.9. The highest BCUT2D eigenvalue weighted by Crippen LogP contribution is 2.16. The summed E-state index contributed by atoms with van der Waals surface area (Å²) in [7, 11) is 0. The van der Waals surface area contributed by atoms with E-state index in [4.69, 9.17) is 0 Å². The van der Waals surface area contributed by atoms with Gasteiger partial charge in [0.2, 0.25) is 0 Å². The number of urea groups is 1. The molecule has 0 aliphatic carbocycles. The van der Waals surface area contributed by atoms with Crippen LogP contribution >= 0.6 is 15.9 Å². The molecule has 0 unspecified atom stereocenters. The summed E-state index contributed by atoms with van der Waals surface area (Å²) in [6, 6.07) is 8.06. The van der Waals surface area contributed by atoms with Crippen LogP contribution in [0, 0.1) is 5.92 Å². The third-order valence-corrected chi connectivity index (χ3v) is 3.90.